The average molecular weight is 278 g/mol. The molecule has 0 saturated heterocycles. The van der Waals surface area contributed by atoms with E-state index in [2.05, 4.69) is 22.6 Å². The SMILES string of the molecule is CC(O)(CO)c1ccc(I)cc1. The number of aliphatic hydroxyl groups is 2. The van der Waals surface area contributed by atoms with Crippen molar-refractivity contribution in [2.45, 2.75) is 12.5 Å². The second-order valence-electron chi connectivity index (χ2n) is 2.94. The molecular formula is C9H11IO2. The van der Waals surface area contributed by atoms with Crippen molar-refractivity contribution in [1.29, 1.82) is 0 Å². The Kier molecular flexibility index (Phi) is 3.09. The van der Waals surface area contributed by atoms with Gasteiger partial charge in [0.05, 0.1) is 6.61 Å². The zero-order valence-electron chi connectivity index (χ0n) is 6.79. The Hall–Kier alpha value is -0.130. The Labute approximate surface area is 85.4 Å². The maximum Gasteiger partial charge on any atom is 0.110 e. The van der Waals surface area contributed by atoms with Crippen molar-refractivity contribution < 1.29 is 10.2 Å². The van der Waals surface area contributed by atoms with Crippen LogP contribution in [0.4, 0.5) is 0 Å². The Morgan fingerprint density at radius 1 is 1.33 bits per heavy atom. The van der Waals surface area contributed by atoms with Gasteiger partial charge in [-0.2, -0.15) is 0 Å². The molecule has 2 N–H and O–H groups in total. The third-order valence-electron chi connectivity index (χ3n) is 1.77. The van der Waals surface area contributed by atoms with Crippen LogP contribution in [0.3, 0.4) is 0 Å². The van der Waals surface area contributed by atoms with Crippen LogP contribution in [-0.4, -0.2) is 16.8 Å². The molecule has 0 fully saturated rings. The number of aliphatic hydroxyl groups excluding tert-OH is 1. The van der Waals surface area contributed by atoms with Crippen LogP contribution >= 0.6 is 22.6 Å². The average Bonchev–Trinajstić information content (AvgIpc) is 2.05. The summed E-state index contributed by atoms with van der Waals surface area (Å²) in [5.74, 6) is 0. The van der Waals surface area contributed by atoms with E-state index in [1.165, 1.54) is 0 Å². The first-order chi connectivity index (χ1) is 5.56. The van der Waals surface area contributed by atoms with Gasteiger partial charge in [0.2, 0.25) is 0 Å². The van der Waals surface area contributed by atoms with E-state index in [0.717, 1.165) is 9.13 Å². The Balaban J connectivity index is 2.96. The van der Waals surface area contributed by atoms with Gasteiger partial charge in [0.25, 0.3) is 0 Å². The van der Waals surface area contributed by atoms with Gasteiger partial charge < -0.3 is 10.2 Å². The molecule has 66 valence electrons. The molecule has 1 aromatic rings. The first-order valence-electron chi connectivity index (χ1n) is 3.65. The smallest absolute Gasteiger partial charge is 0.110 e. The molecule has 0 aromatic heterocycles. The lowest BCUT2D eigenvalue weighted by Crippen LogP contribution is -2.25. The summed E-state index contributed by atoms with van der Waals surface area (Å²) in [6.45, 7) is 1.34. The fourth-order valence-corrected chi connectivity index (χ4v) is 1.26. The van der Waals surface area contributed by atoms with E-state index in [9.17, 15) is 5.11 Å². The van der Waals surface area contributed by atoms with Crippen LogP contribution in [-0.2, 0) is 5.60 Å². The van der Waals surface area contributed by atoms with Gasteiger partial charge in [-0.25, -0.2) is 0 Å². The highest BCUT2D eigenvalue weighted by atomic mass is 127. The van der Waals surface area contributed by atoms with E-state index in [4.69, 9.17) is 5.11 Å². The quantitative estimate of drug-likeness (QED) is 0.805. The molecule has 1 aromatic carbocycles. The maximum atomic E-state index is 9.63. The van der Waals surface area contributed by atoms with Crippen molar-refractivity contribution >= 4 is 22.6 Å². The van der Waals surface area contributed by atoms with Gasteiger partial charge in [-0.1, -0.05) is 12.1 Å². The van der Waals surface area contributed by atoms with Crippen molar-refractivity contribution in [3.05, 3.63) is 33.4 Å². The van der Waals surface area contributed by atoms with Crippen molar-refractivity contribution in [1.82, 2.24) is 0 Å². The third-order valence-corrected chi connectivity index (χ3v) is 2.49. The maximum absolute atomic E-state index is 9.63. The lowest BCUT2D eigenvalue weighted by atomic mass is 9.97. The summed E-state index contributed by atoms with van der Waals surface area (Å²) < 4.78 is 1.12. The van der Waals surface area contributed by atoms with Gasteiger partial charge in [-0.3, -0.25) is 0 Å². The lowest BCUT2D eigenvalue weighted by Gasteiger charge is -2.20. The summed E-state index contributed by atoms with van der Waals surface area (Å²) in [7, 11) is 0. The fourth-order valence-electron chi connectivity index (χ4n) is 0.900. The predicted octanol–water partition coefficient (Wildman–Crippen LogP) is 1.49. The largest absolute Gasteiger partial charge is 0.393 e. The van der Waals surface area contributed by atoms with Gasteiger partial charge in [0.15, 0.2) is 0 Å². The van der Waals surface area contributed by atoms with E-state index in [1.54, 1.807) is 6.92 Å². The monoisotopic (exact) mass is 278 g/mol. The molecule has 0 radical (unpaired) electrons. The van der Waals surface area contributed by atoms with E-state index in [1.807, 2.05) is 24.3 Å². The highest BCUT2D eigenvalue weighted by Crippen LogP contribution is 2.20. The van der Waals surface area contributed by atoms with Crippen LogP contribution < -0.4 is 0 Å². The molecule has 2 nitrogen and oxygen atoms in total. The molecule has 1 unspecified atom stereocenters. The van der Waals surface area contributed by atoms with Crippen molar-refractivity contribution in [2.24, 2.45) is 0 Å². The van der Waals surface area contributed by atoms with Gasteiger partial charge in [0.1, 0.15) is 5.60 Å². The Morgan fingerprint density at radius 2 is 1.83 bits per heavy atom. The lowest BCUT2D eigenvalue weighted by molar-refractivity contribution is -0.00229. The molecule has 1 rings (SSSR count). The molecule has 12 heavy (non-hydrogen) atoms. The number of rotatable bonds is 2. The van der Waals surface area contributed by atoms with Crippen molar-refractivity contribution in [2.75, 3.05) is 6.61 Å². The van der Waals surface area contributed by atoms with E-state index in [0.29, 0.717) is 0 Å². The van der Waals surface area contributed by atoms with E-state index >= 15 is 0 Å². The summed E-state index contributed by atoms with van der Waals surface area (Å²) in [4.78, 5) is 0. The van der Waals surface area contributed by atoms with Gasteiger partial charge >= 0.3 is 0 Å². The summed E-state index contributed by atoms with van der Waals surface area (Å²) in [6, 6.07) is 7.44. The molecule has 0 amide bonds. The van der Waals surface area contributed by atoms with Crippen LogP contribution in [0.2, 0.25) is 0 Å². The highest BCUT2D eigenvalue weighted by Gasteiger charge is 2.20. The summed E-state index contributed by atoms with van der Waals surface area (Å²) in [6.07, 6.45) is 0. The summed E-state index contributed by atoms with van der Waals surface area (Å²) >= 11 is 2.19. The van der Waals surface area contributed by atoms with Crippen molar-refractivity contribution in [3.8, 4) is 0 Å². The number of benzene rings is 1. The number of hydrogen-bond acceptors (Lipinski definition) is 2. The first-order valence-corrected chi connectivity index (χ1v) is 4.73. The molecular weight excluding hydrogens is 267 g/mol. The summed E-state index contributed by atoms with van der Waals surface area (Å²) in [5, 5.41) is 18.5. The van der Waals surface area contributed by atoms with Crippen LogP contribution in [0.25, 0.3) is 0 Å². The Bertz CT molecular complexity index is 254. The molecule has 0 aliphatic heterocycles. The minimum atomic E-state index is -1.12. The van der Waals surface area contributed by atoms with Gasteiger partial charge in [-0.15, -0.1) is 0 Å². The minimum Gasteiger partial charge on any atom is -0.393 e. The predicted molar refractivity (Wildman–Crippen MR) is 55.8 cm³/mol. The van der Waals surface area contributed by atoms with Crippen LogP contribution in [0.15, 0.2) is 24.3 Å². The number of hydrogen-bond donors (Lipinski definition) is 2. The molecule has 0 aliphatic rings. The highest BCUT2D eigenvalue weighted by molar-refractivity contribution is 14.1. The van der Waals surface area contributed by atoms with Crippen LogP contribution in [0, 0.1) is 3.57 Å². The zero-order valence-corrected chi connectivity index (χ0v) is 8.95. The normalized spacial score (nSPS) is 15.7. The van der Waals surface area contributed by atoms with Crippen molar-refractivity contribution in [3.63, 3.8) is 0 Å². The minimum absolute atomic E-state index is 0.256. The molecule has 0 spiro atoms. The van der Waals surface area contributed by atoms with Gasteiger partial charge in [0, 0.05) is 3.57 Å². The molecule has 0 saturated carbocycles. The van der Waals surface area contributed by atoms with Gasteiger partial charge in [-0.05, 0) is 47.2 Å². The topological polar surface area (TPSA) is 40.5 Å². The first kappa shape index (κ1) is 9.95. The molecule has 3 heteroatoms. The zero-order chi connectivity index (χ0) is 9.19. The second-order valence-corrected chi connectivity index (χ2v) is 4.18. The second kappa shape index (κ2) is 3.72. The molecule has 0 aliphatic carbocycles. The molecule has 1 atom stereocenters. The summed E-state index contributed by atoms with van der Waals surface area (Å²) in [5.41, 5.74) is -0.380. The molecule has 0 bridgehead atoms. The third kappa shape index (κ3) is 2.18. The van der Waals surface area contributed by atoms with E-state index < -0.39 is 5.60 Å². The fraction of sp³-hybridized carbons (Fsp3) is 0.333. The van der Waals surface area contributed by atoms with Crippen LogP contribution in [0.1, 0.15) is 12.5 Å². The standard InChI is InChI=1S/C9H11IO2/c1-9(12,6-11)7-2-4-8(10)5-3-7/h2-5,11-12H,6H2,1H3. The Morgan fingerprint density at radius 3 is 2.25 bits per heavy atom. The molecule has 0 heterocycles. The van der Waals surface area contributed by atoms with E-state index in [-0.39, 0.29) is 6.61 Å². The van der Waals surface area contributed by atoms with Crippen LogP contribution in [0.5, 0.6) is 0 Å². The number of halogens is 1.